The summed E-state index contributed by atoms with van der Waals surface area (Å²) in [5.74, 6) is 1.01. The third-order valence-corrected chi connectivity index (χ3v) is 5.06. The van der Waals surface area contributed by atoms with E-state index in [9.17, 15) is 14.4 Å². The topological polar surface area (TPSA) is 107 Å². The molecule has 0 aliphatic rings. The van der Waals surface area contributed by atoms with Gasteiger partial charge in [-0.2, -0.15) is 0 Å². The van der Waals surface area contributed by atoms with E-state index in [2.05, 4.69) is 9.97 Å². The maximum Gasteiger partial charge on any atom is 0.329 e. The number of carbonyl (C=O) groups excluding carboxylic acids is 1. The van der Waals surface area contributed by atoms with Gasteiger partial charge in [0.05, 0.1) is 25.2 Å². The number of hydrogen-bond donors (Lipinski definition) is 1. The van der Waals surface area contributed by atoms with Crippen LogP contribution in [0.4, 0.5) is 0 Å². The lowest BCUT2D eigenvalue weighted by Gasteiger charge is -2.18. The first kappa shape index (κ1) is 22.1. The zero-order valence-corrected chi connectivity index (χ0v) is 18.1. The minimum atomic E-state index is -0.553. The molecule has 9 heteroatoms. The monoisotopic (exact) mass is 426 g/mol. The Balaban J connectivity index is 1.80. The van der Waals surface area contributed by atoms with Crippen LogP contribution in [0.1, 0.15) is 29.3 Å². The molecule has 3 aromatic rings. The fourth-order valence-corrected chi connectivity index (χ4v) is 3.37. The van der Waals surface area contributed by atoms with Crippen molar-refractivity contribution < 1.29 is 14.3 Å². The molecule has 0 fully saturated rings. The van der Waals surface area contributed by atoms with Crippen molar-refractivity contribution in [3.05, 3.63) is 62.4 Å². The fourth-order valence-electron chi connectivity index (χ4n) is 3.37. The molecule has 0 aliphatic carbocycles. The van der Waals surface area contributed by atoms with Crippen LogP contribution in [0, 0.1) is 0 Å². The van der Waals surface area contributed by atoms with Crippen molar-refractivity contribution in [3.63, 3.8) is 0 Å². The Bertz CT molecular complexity index is 1210. The minimum absolute atomic E-state index is 0.215. The second-order valence-electron chi connectivity index (χ2n) is 7.17. The average Bonchev–Trinajstić information content (AvgIpc) is 2.79. The van der Waals surface area contributed by atoms with Crippen LogP contribution in [0.25, 0.3) is 11.0 Å². The smallest absolute Gasteiger partial charge is 0.329 e. The van der Waals surface area contributed by atoms with E-state index in [-0.39, 0.29) is 22.5 Å². The van der Waals surface area contributed by atoms with E-state index in [4.69, 9.17) is 9.47 Å². The number of fused-ring (bicyclic) bond motifs is 1. The summed E-state index contributed by atoms with van der Waals surface area (Å²) in [5.41, 5.74) is 0.504. The van der Waals surface area contributed by atoms with Crippen molar-refractivity contribution in [1.82, 2.24) is 19.4 Å². The molecule has 0 atom stereocenters. The third-order valence-electron chi connectivity index (χ3n) is 5.06. The largest absolute Gasteiger partial charge is 0.493 e. The van der Waals surface area contributed by atoms with E-state index in [1.165, 1.54) is 16.8 Å². The Labute approximate surface area is 179 Å². The van der Waals surface area contributed by atoms with Crippen LogP contribution in [0.2, 0.25) is 0 Å². The van der Waals surface area contributed by atoms with Crippen molar-refractivity contribution in [2.24, 2.45) is 0 Å². The fraction of sp³-hybridized carbons (Fsp3) is 0.364. The first-order valence-corrected chi connectivity index (χ1v) is 9.98. The molecule has 0 radical (unpaired) electrons. The molecule has 0 saturated carbocycles. The maximum absolute atomic E-state index is 12.9. The van der Waals surface area contributed by atoms with Crippen molar-refractivity contribution in [1.29, 1.82) is 0 Å². The normalized spacial score (nSPS) is 10.8. The summed E-state index contributed by atoms with van der Waals surface area (Å²) in [7, 11) is 4.84. The summed E-state index contributed by atoms with van der Waals surface area (Å²) < 4.78 is 12.0. The van der Waals surface area contributed by atoms with Gasteiger partial charge in [-0.15, -0.1) is 0 Å². The highest BCUT2D eigenvalue weighted by molar-refractivity contribution is 5.96. The number of pyridine rings is 1. The summed E-state index contributed by atoms with van der Waals surface area (Å²) in [6.45, 7) is 2.81. The molecule has 0 saturated heterocycles. The molecule has 9 nitrogen and oxygen atoms in total. The summed E-state index contributed by atoms with van der Waals surface area (Å²) in [5, 5.41) is 0.215. The number of rotatable bonds is 8. The lowest BCUT2D eigenvalue weighted by atomic mass is 10.1. The Kier molecular flexibility index (Phi) is 6.74. The van der Waals surface area contributed by atoms with Gasteiger partial charge >= 0.3 is 5.69 Å². The number of hydrogen-bond acceptors (Lipinski definition) is 6. The maximum atomic E-state index is 12.9. The van der Waals surface area contributed by atoms with Gasteiger partial charge in [-0.3, -0.25) is 19.1 Å². The predicted molar refractivity (Wildman–Crippen MR) is 117 cm³/mol. The van der Waals surface area contributed by atoms with Crippen LogP contribution in [0.5, 0.6) is 11.5 Å². The number of amides is 1. The molecule has 0 aliphatic heterocycles. The first-order chi connectivity index (χ1) is 14.9. The van der Waals surface area contributed by atoms with Gasteiger partial charge in [0.2, 0.25) is 0 Å². The van der Waals surface area contributed by atoms with E-state index >= 15 is 0 Å². The Morgan fingerprint density at radius 2 is 1.90 bits per heavy atom. The SMILES string of the molecule is CCCn1c(=O)[nH]c(=O)c2cc(C(=O)N(C)CCc3ccc(OC)c(OC)c3)cnc21. The molecule has 2 aromatic heterocycles. The van der Waals surface area contributed by atoms with Crippen molar-refractivity contribution in [2.75, 3.05) is 27.8 Å². The molecule has 1 amide bonds. The second kappa shape index (κ2) is 9.46. The van der Waals surface area contributed by atoms with E-state index in [1.54, 1.807) is 26.2 Å². The van der Waals surface area contributed by atoms with Gasteiger partial charge in [0.1, 0.15) is 5.65 Å². The quantitative estimate of drug-likeness (QED) is 0.589. The number of aromatic amines is 1. The molecule has 0 bridgehead atoms. The molecule has 3 rings (SSSR count). The van der Waals surface area contributed by atoms with Gasteiger partial charge in [-0.25, -0.2) is 9.78 Å². The molecular weight excluding hydrogens is 400 g/mol. The number of nitrogens with one attached hydrogen (secondary N) is 1. The summed E-state index contributed by atoms with van der Waals surface area (Å²) in [6, 6.07) is 7.11. The van der Waals surface area contributed by atoms with Gasteiger partial charge in [0.25, 0.3) is 11.5 Å². The van der Waals surface area contributed by atoms with Gasteiger partial charge in [-0.1, -0.05) is 13.0 Å². The number of likely N-dealkylation sites (N-methyl/N-ethyl adjacent to an activating group) is 1. The molecule has 164 valence electrons. The summed E-state index contributed by atoms with van der Waals surface area (Å²) >= 11 is 0. The zero-order valence-electron chi connectivity index (χ0n) is 18.1. The average molecular weight is 426 g/mol. The van der Waals surface area contributed by atoms with Crippen LogP contribution in [0.3, 0.4) is 0 Å². The highest BCUT2D eigenvalue weighted by Gasteiger charge is 2.16. The molecule has 1 aromatic carbocycles. The second-order valence-corrected chi connectivity index (χ2v) is 7.17. The van der Waals surface area contributed by atoms with E-state index in [1.807, 2.05) is 25.1 Å². The van der Waals surface area contributed by atoms with Crippen LogP contribution in [0.15, 0.2) is 40.1 Å². The summed E-state index contributed by atoms with van der Waals surface area (Å²) in [6.07, 6.45) is 2.73. The lowest BCUT2D eigenvalue weighted by molar-refractivity contribution is 0.0796. The van der Waals surface area contributed by atoms with Crippen LogP contribution < -0.4 is 20.7 Å². The number of methoxy groups -OCH3 is 2. The third kappa shape index (κ3) is 4.60. The highest BCUT2D eigenvalue weighted by atomic mass is 16.5. The van der Waals surface area contributed by atoms with Crippen molar-refractivity contribution in [3.8, 4) is 11.5 Å². The number of aryl methyl sites for hydroxylation is 1. The zero-order chi connectivity index (χ0) is 22.5. The van der Waals surface area contributed by atoms with E-state index < -0.39 is 11.2 Å². The number of benzene rings is 1. The number of ether oxygens (including phenoxy) is 2. The van der Waals surface area contributed by atoms with Crippen LogP contribution >= 0.6 is 0 Å². The van der Waals surface area contributed by atoms with Gasteiger partial charge in [0, 0.05) is 26.3 Å². The first-order valence-electron chi connectivity index (χ1n) is 9.98. The van der Waals surface area contributed by atoms with Gasteiger partial charge in [0.15, 0.2) is 11.5 Å². The van der Waals surface area contributed by atoms with Crippen LogP contribution in [-0.4, -0.2) is 53.2 Å². The number of aromatic nitrogens is 3. The number of H-pyrrole nitrogens is 1. The minimum Gasteiger partial charge on any atom is -0.493 e. The molecule has 31 heavy (non-hydrogen) atoms. The van der Waals surface area contributed by atoms with Crippen molar-refractivity contribution in [2.45, 2.75) is 26.3 Å². The Morgan fingerprint density at radius 3 is 2.58 bits per heavy atom. The number of carbonyl (C=O) groups is 1. The molecule has 2 heterocycles. The Hall–Kier alpha value is -3.62. The van der Waals surface area contributed by atoms with Gasteiger partial charge < -0.3 is 14.4 Å². The van der Waals surface area contributed by atoms with Crippen LogP contribution in [-0.2, 0) is 13.0 Å². The predicted octanol–water partition coefficient (Wildman–Crippen LogP) is 1.83. The summed E-state index contributed by atoms with van der Waals surface area (Å²) in [4.78, 5) is 45.3. The highest BCUT2D eigenvalue weighted by Crippen LogP contribution is 2.27. The lowest BCUT2D eigenvalue weighted by Crippen LogP contribution is -2.32. The Morgan fingerprint density at radius 1 is 1.16 bits per heavy atom. The molecule has 0 spiro atoms. The number of nitrogens with zero attached hydrogens (tertiary/aromatic N) is 3. The molecule has 0 unspecified atom stereocenters. The van der Waals surface area contributed by atoms with E-state index in [0.29, 0.717) is 37.4 Å². The standard InChI is InChI=1S/C22H26N4O5/c1-5-9-26-19-16(20(27)24-22(26)29)12-15(13-23-19)21(28)25(2)10-8-14-6-7-17(30-3)18(11-14)31-4/h6-7,11-13H,5,8-10H2,1-4H3,(H,24,27,29). The van der Waals surface area contributed by atoms with Crippen molar-refractivity contribution >= 4 is 16.9 Å². The molecular formula is C22H26N4O5. The van der Waals surface area contributed by atoms with Gasteiger partial charge in [-0.05, 0) is 36.6 Å². The van der Waals surface area contributed by atoms with E-state index in [0.717, 1.165) is 5.56 Å². The molecule has 1 N–H and O–H groups in total.